The van der Waals surface area contributed by atoms with Gasteiger partial charge in [-0.2, -0.15) is 0 Å². The van der Waals surface area contributed by atoms with Gasteiger partial charge in [0.2, 0.25) is 0 Å². The van der Waals surface area contributed by atoms with Crippen LogP contribution in [0.3, 0.4) is 0 Å². The first-order chi connectivity index (χ1) is 4.63. The van der Waals surface area contributed by atoms with Crippen LogP contribution in [0.4, 0.5) is 0 Å². The molecule has 3 heteroatoms. The average Bonchev–Trinajstić information content (AvgIpc) is 1.88. The van der Waals surface area contributed by atoms with Gasteiger partial charge in [0.05, 0.1) is 12.7 Å². The Labute approximate surface area is 61.6 Å². The Morgan fingerprint density at radius 2 is 1.90 bits per heavy atom. The van der Waals surface area contributed by atoms with Crippen molar-refractivity contribution in [3.8, 4) is 0 Å². The fourth-order valence-corrected chi connectivity index (χ4v) is 0.977. The summed E-state index contributed by atoms with van der Waals surface area (Å²) in [6.07, 6.45) is -1.02. The van der Waals surface area contributed by atoms with E-state index in [2.05, 4.69) is 0 Å². The van der Waals surface area contributed by atoms with Crippen molar-refractivity contribution < 1.29 is 14.9 Å². The summed E-state index contributed by atoms with van der Waals surface area (Å²) in [6.45, 7) is 3.64. The lowest BCUT2D eigenvalue weighted by Crippen LogP contribution is -2.35. The molecule has 0 aliphatic carbocycles. The summed E-state index contributed by atoms with van der Waals surface area (Å²) in [4.78, 5) is 0. The van der Waals surface area contributed by atoms with Gasteiger partial charge in [0.1, 0.15) is 6.10 Å². The van der Waals surface area contributed by atoms with Gasteiger partial charge in [0.25, 0.3) is 0 Å². The predicted octanol–water partition coefficient (Wildman–Crippen LogP) is 0.0106. The van der Waals surface area contributed by atoms with Crippen molar-refractivity contribution in [2.24, 2.45) is 5.92 Å². The smallest absolute Gasteiger partial charge is 0.103 e. The summed E-state index contributed by atoms with van der Waals surface area (Å²) in [5.74, 6) is 0.229. The Hall–Kier alpha value is -0.120. The molecule has 3 nitrogen and oxygen atoms in total. The lowest BCUT2D eigenvalue weighted by molar-refractivity contribution is -0.0589. The normalized spacial score (nSPS) is 17.4. The van der Waals surface area contributed by atoms with E-state index < -0.39 is 6.10 Å². The number of rotatable bonds is 4. The SMILES string of the molecule is CO[C@@H](C(C)C)[C@@H](O)CO. The Bertz CT molecular complexity index is 82.9. The highest BCUT2D eigenvalue weighted by Gasteiger charge is 2.20. The van der Waals surface area contributed by atoms with Crippen molar-refractivity contribution in [3.05, 3.63) is 0 Å². The molecule has 0 radical (unpaired) electrons. The zero-order valence-electron chi connectivity index (χ0n) is 6.74. The quantitative estimate of drug-likeness (QED) is 0.590. The van der Waals surface area contributed by atoms with E-state index in [0.717, 1.165) is 0 Å². The summed E-state index contributed by atoms with van der Waals surface area (Å²) < 4.78 is 4.95. The molecule has 0 aliphatic rings. The zero-order chi connectivity index (χ0) is 8.15. The molecule has 10 heavy (non-hydrogen) atoms. The largest absolute Gasteiger partial charge is 0.394 e. The van der Waals surface area contributed by atoms with Gasteiger partial charge in [-0.3, -0.25) is 0 Å². The summed E-state index contributed by atoms with van der Waals surface area (Å²) in [7, 11) is 1.53. The number of ether oxygens (including phenoxy) is 1. The monoisotopic (exact) mass is 148 g/mol. The number of methoxy groups -OCH3 is 1. The molecule has 0 bridgehead atoms. The van der Waals surface area contributed by atoms with E-state index >= 15 is 0 Å². The van der Waals surface area contributed by atoms with Crippen LogP contribution in [0.15, 0.2) is 0 Å². The third-order valence-corrected chi connectivity index (χ3v) is 1.50. The van der Waals surface area contributed by atoms with Gasteiger partial charge in [-0.1, -0.05) is 13.8 Å². The lowest BCUT2D eigenvalue weighted by atomic mass is 10.0. The summed E-state index contributed by atoms with van der Waals surface area (Å²) in [6, 6.07) is 0. The number of aliphatic hydroxyl groups excluding tert-OH is 2. The van der Waals surface area contributed by atoms with Crippen molar-refractivity contribution in [1.82, 2.24) is 0 Å². The summed E-state index contributed by atoms with van der Waals surface area (Å²) in [5, 5.41) is 17.7. The zero-order valence-corrected chi connectivity index (χ0v) is 6.74. The van der Waals surface area contributed by atoms with Gasteiger partial charge < -0.3 is 14.9 Å². The minimum atomic E-state index is -0.759. The number of aliphatic hydroxyl groups is 2. The van der Waals surface area contributed by atoms with Gasteiger partial charge in [-0.25, -0.2) is 0 Å². The van der Waals surface area contributed by atoms with E-state index in [1.165, 1.54) is 7.11 Å². The van der Waals surface area contributed by atoms with E-state index in [1.807, 2.05) is 13.8 Å². The van der Waals surface area contributed by atoms with E-state index in [0.29, 0.717) is 0 Å². The molecule has 0 aliphatic heterocycles. The van der Waals surface area contributed by atoms with Crippen LogP contribution < -0.4 is 0 Å². The average molecular weight is 148 g/mol. The molecule has 0 aromatic heterocycles. The van der Waals surface area contributed by atoms with Crippen molar-refractivity contribution in [3.63, 3.8) is 0 Å². The van der Waals surface area contributed by atoms with Gasteiger partial charge >= 0.3 is 0 Å². The van der Waals surface area contributed by atoms with Crippen LogP contribution in [0.2, 0.25) is 0 Å². The maximum absolute atomic E-state index is 9.11. The molecule has 0 rings (SSSR count). The van der Waals surface area contributed by atoms with Crippen molar-refractivity contribution >= 4 is 0 Å². The maximum atomic E-state index is 9.11. The summed E-state index contributed by atoms with van der Waals surface area (Å²) >= 11 is 0. The molecule has 0 unspecified atom stereocenters. The Morgan fingerprint density at radius 3 is 2.00 bits per heavy atom. The molecule has 0 saturated carbocycles. The third kappa shape index (κ3) is 2.64. The van der Waals surface area contributed by atoms with Gasteiger partial charge in [0.15, 0.2) is 0 Å². The summed E-state index contributed by atoms with van der Waals surface area (Å²) in [5.41, 5.74) is 0. The van der Waals surface area contributed by atoms with Crippen molar-refractivity contribution in [2.75, 3.05) is 13.7 Å². The first kappa shape index (κ1) is 9.88. The van der Waals surface area contributed by atoms with Gasteiger partial charge in [-0.15, -0.1) is 0 Å². The van der Waals surface area contributed by atoms with Gasteiger partial charge in [0, 0.05) is 7.11 Å². The van der Waals surface area contributed by atoms with Crippen LogP contribution in [0.25, 0.3) is 0 Å². The van der Waals surface area contributed by atoms with E-state index in [4.69, 9.17) is 14.9 Å². The Kier molecular flexibility index (Phi) is 4.60. The Morgan fingerprint density at radius 1 is 1.40 bits per heavy atom. The van der Waals surface area contributed by atoms with E-state index in [-0.39, 0.29) is 18.6 Å². The molecule has 0 saturated heterocycles. The van der Waals surface area contributed by atoms with Crippen LogP contribution >= 0.6 is 0 Å². The van der Waals surface area contributed by atoms with Crippen LogP contribution in [0.1, 0.15) is 13.8 Å². The highest BCUT2D eigenvalue weighted by Crippen LogP contribution is 2.09. The molecular weight excluding hydrogens is 132 g/mol. The number of hydrogen-bond donors (Lipinski definition) is 2. The Balaban J connectivity index is 3.80. The molecule has 0 spiro atoms. The molecule has 0 amide bonds. The fraction of sp³-hybridized carbons (Fsp3) is 1.00. The molecule has 2 N–H and O–H groups in total. The molecular formula is C7H16O3. The first-order valence-corrected chi connectivity index (χ1v) is 3.45. The molecule has 0 aromatic rings. The lowest BCUT2D eigenvalue weighted by Gasteiger charge is -2.22. The van der Waals surface area contributed by atoms with E-state index in [1.54, 1.807) is 0 Å². The molecule has 0 aromatic carbocycles. The standard InChI is InChI=1S/C7H16O3/c1-5(2)7(10-3)6(9)4-8/h5-9H,4H2,1-3H3/t6-,7-/m0/s1. The van der Waals surface area contributed by atoms with E-state index in [9.17, 15) is 0 Å². The predicted molar refractivity (Wildman–Crippen MR) is 38.7 cm³/mol. The minimum absolute atomic E-state index is 0.229. The van der Waals surface area contributed by atoms with Crippen LogP contribution in [-0.4, -0.2) is 36.1 Å². The highest BCUT2D eigenvalue weighted by atomic mass is 16.5. The number of hydrogen-bond acceptors (Lipinski definition) is 3. The molecule has 2 atom stereocenters. The molecule has 0 fully saturated rings. The van der Waals surface area contributed by atoms with Crippen LogP contribution in [0.5, 0.6) is 0 Å². The maximum Gasteiger partial charge on any atom is 0.103 e. The van der Waals surface area contributed by atoms with Gasteiger partial charge in [-0.05, 0) is 5.92 Å². The highest BCUT2D eigenvalue weighted by molar-refractivity contribution is 4.70. The second-order valence-corrected chi connectivity index (χ2v) is 2.69. The minimum Gasteiger partial charge on any atom is -0.394 e. The first-order valence-electron chi connectivity index (χ1n) is 3.45. The van der Waals surface area contributed by atoms with Crippen molar-refractivity contribution in [1.29, 1.82) is 0 Å². The van der Waals surface area contributed by atoms with Crippen LogP contribution in [-0.2, 0) is 4.74 Å². The third-order valence-electron chi connectivity index (χ3n) is 1.50. The van der Waals surface area contributed by atoms with Crippen molar-refractivity contribution in [2.45, 2.75) is 26.1 Å². The molecule has 0 heterocycles. The fourth-order valence-electron chi connectivity index (χ4n) is 0.977. The topological polar surface area (TPSA) is 49.7 Å². The molecule has 62 valence electrons. The second-order valence-electron chi connectivity index (χ2n) is 2.69. The van der Waals surface area contributed by atoms with Crippen LogP contribution in [0, 0.1) is 5.92 Å². The second kappa shape index (κ2) is 4.66.